The van der Waals surface area contributed by atoms with E-state index in [0.717, 1.165) is 11.3 Å². The smallest absolute Gasteiger partial charge is 0.185 e. The van der Waals surface area contributed by atoms with Crippen molar-refractivity contribution in [3.8, 4) is 5.69 Å². The lowest BCUT2D eigenvalue weighted by Crippen LogP contribution is -1.97. The van der Waals surface area contributed by atoms with Crippen molar-refractivity contribution in [2.75, 3.05) is 0 Å². The van der Waals surface area contributed by atoms with Crippen LogP contribution in [0.2, 0.25) is 0 Å². The molecule has 0 bridgehead atoms. The molecule has 0 fully saturated rings. The normalized spacial score (nSPS) is 10.9. The van der Waals surface area contributed by atoms with E-state index >= 15 is 0 Å². The standard InChI is InChI=1S/C16H12N4O/c21-16(8-3-13-2-1-9-17-10-13)14-4-6-15(7-5-14)20-12-18-11-19-20/h1-12H/b8-3+. The summed E-state index contributed by atoms with van der Waals surface area (Å²) >= 11 is 0. The van der Waals surface area contributed by atoms with Gasteiger partial charge in [0.1, 0.15) is 12.7 Å². The number of hydrogen-bond acceptors (Lipinski definition) is 4. The molecule has 102 valence electrons. The molecule has 0 radical (unpaired) electrons. The fraction of sp³-hybridized carbons (Fsp3) is 0. The Balaban J connectivity index is 1.75. The molecule has 5 nitrogen and oxygen atoms in total. The van der Waals surface area contributed by atoms with Crippen LogP contribution in [0.1, 0.15) is 15.9 Å². The Morgan fingerprint density at radius 3 is 2.62 bits per heavy atom. The van der Waals surface area contributed by atoms with Crippen LogP contribution in [0.5, 0.6) is 0 Å². The van der Waals surface area contributed by atoms with Crippen LogP contribution in [0, 0.1) is 0 Å². The van der Waals surface area contributed by atoms with E-state index < -0.39 is 0 Å². The van der Waals surface area contributed by atoms with Gasteiger partial charge in [-0.2, -0.15) is 5.10 Å². The van der Waals surface area contributed by atoms with Gasteiger partial charge in [0.25, 0.3) is 0 Å². The molecule has 0 unspecified atom stereocenters. The van der Waals surface area contributed by atoms with E-state index in [9.17, 15) is 4.79 Å². The lowest BCUT2D eigenvalue weighted by Gasteiger charge is -2.01. The summed E-state index contributed by atoms with van der Waals surface area (Å²) in [7, 11) is 0. The number of aromatic nitrogens is 4. The quantitative estimate of drug-likeness (QED) is 0.542. The molecule has 0 aliphatic heterocycles. The Bertz CT molecular complexity index is 747. The molecule has 0 saturated heterocycles. The van der Waals surface area contributed by atoms with Gasteiger partial charge in [0.05, 0.1) is 5.69 Å². The van der Waals surface area contributed by atoms with E-state index in [1.807, 2.05) is 24.3 Å². The van der Waals surface area contributed by atoms with Gasteiger partial charge >= 0.3 is 0 Å². The number of hydrogen-bond donors (Lipinski definition) is 0. The van der Waals surface area contributed by atoms with Crippen LogP contribution < -0.4 is 0 Å². The third-order valence-electron chi connectivity index (χ3n) is 2.95. The maximum absolute atomic E-state index is 12.1. The summed E-state index contributed by atoms with van der Waals surface area (Å²) < 4.78 is 1.64. The summed E-state index contributed by atoms with van der Waals surface area (Å²) in [5.74, 6) is -0.0519. The van der Waals surface area contributed by atoms with Crippen LogP contribution in [-0.2, 0) is 0 Å². The molecule has 0 spiro atoms. The van der Waals surface area contributed by atoms with Crippen molar-refractivity contribution >= 4 is 11.9 Å². The average molecular weight is 276 g/mol. The summed E-state index contributed by atoms with van der Waals surface area (Å²) in [5.41, 5.74) is 2.38. The number of carbonyl (C=O) groups is 1. The molecule has 0 aliphatic carbocycles. The Kier molecular flexibility index (Phi) is 3.64. The summed E-state index contributed by atoms with van der Waals surface area (Å²) in [6.45, 7) is 0. The highest BCUT2D eigenvalue weighted by Crippen LogP contribution is 2.10. The molecular formula is C16H12N4O. The highest BCUT2D eigenvalue weighted by molar-refractivity contribution is 6.06. The predicted molar refractivity (Wildman–Crippen MR) is 79.0 cm³/mol. The first kappa shape index (κ1) is 12.9. The minimum atomic E-state index is -0.0519. The summed E-state index contributed by atoms with van der Waals surface area (Å²) in [6, 6.07) is 10.9. The molecule has 0 saturated carbocycles. The minimum Gasteiger partial charge on any atom is -0.289 e. The monoisotopic (exact) mass is 276 g/mol. The number of ketones is 1. The third kappa shape index (κ3) is 3.09. The zero-order valence-electron chi connectivity index (χ0n) is 11.1. The van der Waals surface area contributed by atoms with E-state index in [1.54, 1.807) is 47.7 Å². The lowest BCUT2D eigenvalue weighted by atomic mass is 10.1. The van der Waals surface area contributed by atoms with Gasteiger partial charge in [0, 0.05) is 18.0 Å². The van der Waals surface area contributed by atoms with Gasteiger partial charge in [-0.3, -0.25) is 9.78 Å². The molecule has 3 rings (SSSR count). The van der Waals surface area contributed by atoms with Gasteiger partial charge in [-0.25, -0.2) is 9.67 Å². The van der Waals surface area contributed by atoms with Gasteiger partial charge in [-0.05, 0) is 48.0 Å². The summed E-state index contributed by atoms with van der Waals surface area (Å²) in [6.07, 6.45) is 9.77. The van der Waals surface area contributed by atoms with E-state index in [2.05, 4.69) is 15.1 Å². The molecule has 0 aliphatic rings. The second-order valence-electron chi connectivity index (χ2n) is 4.37. The van der Waals surface area contributed by atoms with Gasteiger partial charge in [0.2, 0.25) is 0 Å². The van der Waals surface area contributed by atoms with Gasteiger partial charge < -0.3 is 0 Å². The van der Waals surface area contributed by atoms with Gasteiger partial charge in [0.15, 0.2) is 5.78 Å². The fourth-order valence-electron chi connectivity index (χ4n) is 1.86. The molecule has 5 heteroatoms. The molecule has 2 aromatic heterocycles. The van der Waals surface area contributed by atoms with Crippen molar-refractivity contribution < 1.29 is 4.79 Å². The number of carbonyl (C=O) groups excluding carboxylic acids is 1. The van der Waals surface area contributed by atoms with Crippen molar-refractivity contribution in [1.29, 1.82) is 0 Å². The Hall–Kier alpha value is -3.08. The molecule has 1 aromatic carbocycles. The van der Waals surface area contributed by atoms with Crippen LogP contribution in [0.4, 0.5) is 0 Å². The molecule has 3 aromatic rings. The second-order valence-corrected chi connectivity index (χ2v) is 4.37. The summed E-state index contributed by atoms with van der Waals surface area (Å²) in [5, 5.41) is 4.04. The topological polar surface area (TPSA) is 60.7 Å². The minimum absolute atomic E-state index is 0.0519. The lowest BCUT2D eigenvalue weighted by molar-refractivity contribution is 0.104. The highest BCUT2D eigenvalue weighted by Gasteiger charge is 2.03. The predicted octanol–water partition coefficient (Wildman–Crippen LogP) is 2.56. The van der Waals surface area contributed by atoms with E-state index in [-0.39, 0.29) is 5.78 Å². The number of pyridine rings is 1. The van der Waals surface area contributed by atoms with Crippen LogP contribution in [-0.4, -0.2) is 25.5 Å². The van der Waals surface area contributed by atoms with Gasteiger partial charge in [-0.15, -0.1) is 0 Å². The molecule has 0 atom stereocenters. The molecule has 2 heterocycles. The first-order valence-corrected chi connectivity index (χ1v) is 6.40. The Morgan fingerprint density at radius 2 is 1.95 bits per heavy atom. The summed E-state index contributed by atoms with van der Waals surface area (Å²) in [4.78, 5) is 20.0. The first-order valence-electron chi connectivity index (χ1n) is 6.40. The van der Waals surface area contributed by atoms with Crippen molar-refractivity contribution in [2.24, 2.45) is 0 Å². The van der Waals surface area contributed by atoms with E-state index in [1.165, 1.54) is 6.33 Å². The largest absolute Gasteiger partial charge is 0.289 e. The number of nitrogens with zero attached hydrogens (tertiary/aromatic N) is 4. The Morgan fingerprint density at radius 1 is 1.10 bits per heavy atom. The number of rotatable bonds is 4. The number of allylic oxidation sites excluding steroid dienone is 1. The second kappa shape index (κ2) is 5.92. The highest BCUT2D eigenvalue weighted by atomic mass is 16.1. The van der Waals surface area contributed by atoms with Crippen molar-refractivity contribution in [3.05, 3.63) is 78.6 Å². The zero-order chi connectivity index (χ0) is 14.5. The van der Waals surface area contributed by atoms with Gasteiger partial charge in [-0.1, -0.05) is 6.07 Å². The molecule has 0 N–H and O–H groups in total. The van der Waals surface area contributed by atoms with Crippen molar-refractivity contribution in [2.45, 2.75) is 0 Å². The van der Waals surface area contributed by atoms with Crippen LogP contribution in [0.3, 0.4) is 0 Å². The van der Waals surface area contributed by atoms with Crippen LogP contribution in [0.15, 0.2) is 67.5 Å². The first-order chi connectivity index (χ1) is 10.3. The third-order valence-corrected chi connectivity index (χ3v) is 2.95. The molecule has 0 amide bonds. The number of benzene rings is 1. The maximum atomic E-state index is 12.1. The maximum Gasteiger partial charge on any atom is 0.185 e. The van der Waals surface area contributed by atoms with Crippen molar-refractivity contribution in [3.63, 3.8) is 0 Å². The average Bonchev–Trinajstić information content (AvgIpc) is 3.08. The van der Waals surface area contributed by atoms with Crippen LogP contribution >= 0.6 is 0 Å². The van der Waals surface area contributed by atoms with E-state index in [0.29, 0.717) is 5.56 Å². The molecule has 21 heavy (non-hydrogen) atoms. The van der Waals surface area contributed by atoms with Crippen molar-refractivity contribution in [1.82, 2.24) is 19.7 Å². The van der Waals surface area contributed by atoms with Crippen LogP contribution in [0.25, 0.3) is 11.8 Å². The fourth-order valence-corrected chi connectivity index (χ4v) is 1.86. The molecular weight excluding hydrogens is 264 g/mol. The zero-order valence-corrected chi connectivity index (χ0v) is 11.1. The SMILES string of the molecule is O=C(/C=C/c1cccnc1)c1ccc(-n2cncn2)cc1. The Labute approximate surface area is 121 Å². The van der Waals surface area contributed by atoms with E-state index in [4.69, 9.17) is 0 Å².